The zero-order valence-electron chi connectivity index (χ0n) is 12.2. The van der Waals surface area contributed by atoms with Crippen LogP contribution in [-0.2, 0) is 9.59 Å². The molecule has 0 fully saturated rings. The molecule has 1 aromatic rings. The van der Waals surface area contributed by atoms with Crippen molar-refractivity contribution >= 4 is 23.2 Å². The minimum absolute atomic E-state index is 0.0320. The normalized spacial score (nSPS) is 10.7. The molecule has 0 bridgehead atoms. The average Bonchev–Trinajstić information content (AvgIpc) is 2.32. The molecule has 104 valence electrons. The van der Waals surface area contributed by atoms with Crippen molar-refractivity contribution in [2.24, 2.45) is 11.8 Å². The second-order valence-corrected chi connectivity index (χ2v) is 5.32. The summed E-state index contributed by atoms with van der Waals surface area (Å²) >= 11 is 0. The van der Waals surface area contributed by atoms with E-state index in [2.05, 4.69) is 10.6 Å². The van der Waals surface area contributed by atoms with Crippen LogP contribution in [0, 0.1) is 18.8 Å². The lowest BCUT2D eigenvalue weighted by Crippen LogP contribution is -2.20. The molecular weight excluding hydrogens is 240 g/mol. The van der Waals surface area contributed by atoms with Crippen molar-refractivity contribution in [3.05, 3.63) is 23.8 Å². The van der Waals surface area contributed by atoms with E-state index in [-0.39, 0.29) is 23.7 Å². The van der Waals surface area contributed by atoms with E-state index in [1.807, 2.05) is 46.8 Å². The fourth-order valence-corrected chi connectivity index (χ4v) is 1.40. The van der Waals surface area contributed by atoms with Crippen LogP contribution in [0.1, 0.15) is 33.3 Å². The van der Waals surface area contributed by atoms with E-state index in [9.17, 15) is 9.59 Å². The number of carbonyl (C=O) groups is 2. The highest BCUT2D eigenvalue weighted by molar-refractivity contribution is 5.95. The second kappa shape index (κ2) is 6.36. The third-order valence-corrected chi connectivity index (χ3v) is 2.81. The number of carbonyl (C=O) groups excluding carboxylic acids is 2. The van der Waals surface area contributed by atoms with E-state index in [1.165, 1.54) is 0 Å². The fourth-order valence-electron chi connectivity index (χ4n) is 1.40. The van der Waals surface area contributed by atoms with Gasteiger partial charge >= 0.3 is 0 Å². The minimum Gasteiger partial charge on any atom is -0.326 e. The van der Waals surface area contributed by atoms with E-state index < -0.39 is 0 Å². The van der Waals surface area contributed by atoms with Gasteiger partial charge in [-0.1, -0.05) is 33.8 Å². The van der Waals surface area contributed by atoms with Crippen LogP contribution in [0.5, 0.6) is 0 Å². The zero-order chi connectivity index (χ0) is 14.6. The maximum absolute atomic E-state index is 11.7. The Labute approximate surface area is 114 Å². The van der Waals surface area contributed by atoms with Crippen molar-refractivity contribution in [2.45, 2.75) is 34.6 Å². The van der Waals surface area contributed by atoms with Gasteiger partial charge in [0.25, 0.3) is 0 Å². The topological polar surface area (TPSA) is 58.2 Å². The fraction of sp³-hybridized carbons (Fsp3) is 0.467. The monoisotopic (exact) mass is 262 g/mol. The molecule has 0 saturated carbocycles. The molecule has 0 aliphatic rings. The third-order valence-electron chi connectivity index (χ3n) is 2.81. The highest BCUT2D eigenvalue weighted by Gasteiger charge is 2.11. The molecule has 1 aromatic carbocycles. The zero-order valence-corrected chi connectivity index (χ0v) is 12.2. The van der Waals surface area contributed by atoms with Crippen molar-refractivity contribution < 1.29 is 9.59 Å². The predicted molar refractivity (Wildman–Crippen MR) is 78.1 cm³/mol. The van der Waals surface area contributed by atoms with Gasteiger partial charge in [0.05, 0.1) is 0 Å². The molecule has 4 nitrogen and oxygen atoms in total. The number of hydrogen-bond donors (Lipinski definition) is 2. The summed E-state index contributed by atoms with van der Waals surface area (Å²) in [4.78, 5) is 23.3. The molecule has 0 radical (unpaired) electrons. The molecule has 0 atom stereocenters. The number of anilines is 2. The smallest absolute Gasteiger partial charge is 0.226 e. The van der Waals surface area contributed by atoms with Crippen LogP contribution in [-0.4, -0.2) is 11.8 Å². The first kappa shape index (κ1) is 15.2. The van der Waals surface area contributed by atoms with Crippen LogP contribution in [0.25, 0.3) is 0 Å². The number of aryl methyl sites for hydroxylation is 1. The van der Waals surface area contributed by atoms with Gasteiger partial charge in [-0.2, -0.15) is 0 Å². The van der Waals surface area contributed by atoms with Gasteiger partial charge in [-0.25, -0.2) is 0 Å². The van der Waals surface area contributed by atoms with Crippen LogP contribution < -0.4 is 10.6 Å². The van der Waals surface area contributed by atoms with Gasteiger partial charge in [0.1, 0.15) is 0 Å². The number of amides is 2. The number of rotatable bonds is 4. The van der Waals surface area contributed by atoms with Gasteiger partial charge in [-0.05, 0) is 24.6 Å². The lowest BCUT2D eigenvalue weighted by Gasteiger charge is -2.13. The Morgan fingerprint density at radius 3 is 2.00 bits per heavy atom. The summed E-state index contributed by atoms with van der Waals surface area (Å²) in [6.45, 7) is 9.28. The van der Waals surface area contributed by atoms with Gasteiger partial charge in [-0.15, -0.1) is 0 Å². The van der Waals surface area contributed by atoms with Crippen molar-refractivity contribution in [1.29, 1.82) is 0 Å². The first-order valence-corrected chi connectivity index (χ1v) is 6.53. The average molecular weight is 262 g/mol. The van der Waals surface area contributed by atoms with Crippen LogP contribution >= 0.6 is 0 Å². The van der Waals surface area contributed by atoms with Crippen LogP contribution in [0.15, 0.2) is 18.2 Å². The molecule has 0 saturated heterocycles. The summed E-state index contributed by atoms with van der Waals surface area (Å²) in [6.07, 6.45) is 0. The maximum Gasteiger partial charge on any atom is 0.226 e. The first-order valence-electron chi connectivity index (χ1n) is 6.53. The number of hydrogen-bond acceptors (Lipinski definition) is 2. The molecular formula is C15H22N2O2. The summed E-state index contributed by atoms with van der Waals surface area (Å²) in [5.74, 6) is -0.219. The van der Waals surface area contributed by atoms with Gasteiger partial charge in [0.15, 0.2) is 0 Å². The Bertz CT molecular complexity index is 479. The summed E-state index contributed by atoms with van der Waals surface area (Å²) in [7, 11) is 0. The SMILES string of the molecule is Cc1ccc(NC(=O)C(C)C)cc1NC(=O)C(C)C. The Morgan fingerprint density at radius 1 is 0.947 bits per heavy atom. The standard InChI is InChI=1S/C15H22N2O2/c1-9(2)14(18)16-12-7-6-11(5)13(8-12)17-15(19)10(3)4/h6-10H,1-5H3,(H,16,18)(H,17,19). The van der Waals surface area contributed by atoms with E-state index in [4.69, 9.17) is 0 Å². The van der Waals surface area contributed by atoms with Gasteiger partial charge in [0.2, 0.25) is 11.8 Å². The van der Waals surface area contributed by atoms with Crippen LogP contribution in [0.2, 0.25) is 0 Å². The van der Waals surface area contributed by atoms with Crippen molar-refractivity contribution in [1.82, 2.24) is 0 Å². The molecule has 4 heteroatoms. The largest absolute Gasteiger partial charge is 0.326 e. The van der Waals surface area contributed by atoms with Crippen LogP contribution in [0.4, 0.5) is 11.4 Å². The minimum atomic E-state index is -0.0756. The van der Waals surface area contributed by atoms with E-state index in [1.54, 1.807) is 6.07 Å². The highest BCUT2D eigenvalue weighted by atomic mass is 16.2. The Hall–Kier alpha value is -1.84. The number of benzene rings is 1. The first-order chi connectivity index (χ1) is 8.81. The Kier molecular flexibility index (Phi) is 5.10. The van der Waals surface area contributed by atoms with Crippen molar-refractivity contribution in [3.8, 4) is 0 Å². The second-order valence-electron chi connectivity index (χ2n) is 5.32. The van der Waals surface area contributed by atoms with E-state index in [0.717, 1.165) is 11.3 Å². The van der Waals surface area contributed by atoms with E-state index in [0.29, 0.717) is 5.69 Å². The summed E-state index contributed by atoms with van der Waals surface area (Å²) in [5.41, 5.74) is 2.40. The Balaban J connectivity index is 2.88. The molecule has 0 aliphatic carbocycles. The summed E-state index contributed by atoms with van der Waals surface area (Å²) in [5, 5.41) is 5.68. The molecule has 0 spiro atoms. The molecule has 0 aliphatic heterocycles. The molecule has 0 aromatic heterocycles. The van der Waals surface area contributed by atoms with Crippen LogP contribution in [0.3, 0.4) is 0 Å². The van der Waals surface area contributed by atoms with Gasteiger partial charge < -0.3 is 10.6 Å². The molecule has 2 N–H and O–H groups in total. The summed E-state index contributed by atoms with van der Waals surface area (Å²) in [6, 6.07) is 5.50. The summed E-state index contributed by atoms with van der Waals surface area (Å²) < 4.78 is 0. The predicted octanol–water partition coefficient (Wildman–Crippen LogP) is 3.18. The third kappa shape index (κ3) is 4.39. The molecule has 0 unspecified atom stereocenters. The lowest BCUT2D eigenvalue weighted by molar-refractivity contribution is -0.119. The lowest BCUT2D eigenvalue weighted by atomic mass is 10.1. The molecule has 2 amide bonds. The quantitative estimate of drug-likeness (QED) is 0.875. The Morgan fingerprint density at radius 2 is 1.47 bits per heavy atom. The molecule has 19 heavy (non-hydrogen) atoms. The maximum atomic E-state index is 11.7. The van der Waals surface area contributed by atoms with E-state index >= 15 is 0 Å². The van der Waals surface area contributed by atoms with Crippen molar-refractivity contribution in [2.75, 3.05) is 10.6 Å². The van der Waals surface area contributed by atoms with Gasteiger partial charge in [0, 0.05) is 23.2 Å². The number of nitrogens with one attached hydrogen (secondary N) is 2. The van der Waals surface area contributed by atoms with Crippen molar-refractivity contribution in [3.63, 3.8) is 0 Å². The highest BCUT2D eigenvalue weighted by Crippen LogP contribution is 2.21. The molecule has 0 heterocycles. The van der Waals surface area contributed by atoms with Gasteiger partial charge in [-0.3, -0.25) is 9.59 Å². The molecule has 1 rings (SSSR count).